The fraction of sp³-hybridized carbons (Fsp3) is 0.214. The zero-order valence-corrected chi connectivity index (χ0v) is 19.3. The monoisotopic (exact) mass is 439 g/mol. The first kappa shape index (κ1) is 22.3. The number of nitrogens with zero attached hydrogens (tertiary/aromatic N) is 2. The first-order valence-corrected chi connectivity index (χ1v) is 11.2. The second-order valence-electron chi connectivity index (χ2n) is 8.48. The molecule has 0 radical (unpaired) electrons. The fourth-order valence-electron chi connectivity index (χ4n) is 3.59. The third-order valence-electron chi connectivity index (χ3n) is 5.54. The minimum Gasteiger partial charge on any atom is -0.489 e. The van der Waals surface area contributed by atoms with Crippen LogP contribution in [0.3, 0.4) is 0 Å². The molecule has 0 aliphatic rings. The van der Waals surface area contributed by atoms with Crippen LogP contribution in [-0.2, 0) is 13.2 Å². The summed E-state index contributed by atoms with van der Waals surface area (Å²) >= 11 is 0. The molecule has 0 atom stereocenters. The third kappa shape index (κ3) is 5.89. The van der Waals surface area contributed by atoms with E-state index in [9.17, 15) is 4.79 Å². The molecule has 5 heteroatoms. The maximum atomic E-state index is 12.8. The smallest absolute Gasteiger partial charge is 0.256 e. The van der Waals surface area contributed by atoms with Crippen molar-refractivity contribution in [2.45, 2.75) is 39.8 Å². The number of aromatic nitrogens is 2. The number of hydrogen-bond acceptors (Lipinski definition) is 3. The highest BCUT2D eigenvalue weighted by Gasteiger charge is 2.11. The number of ether oxygens (including phenoxy) is 1. The van der Waals surface area contributed by atoms with E-state index in [4.69, 9.17) is 4.74 Å². The highest BCUT2D eigenvalue weighted by molar-refractivity contribution is 6.03. The molecule has 0 saturated heterocycles. The number of carbonyl (C=O) groups is 1. The van der Waals surface area contributed by atoms with Crippen LogP contribution < -0.4 is 10.1 Å². The minimum absolute atomic E-state index is 0.192. The quantitative estimate of drug-likeness (QED) is 0.356. The molecular weight excluding hydrogens is 410 g/mol. The zero-order chi connectivity index (χ0) is 23.2. The molecule has 4 aromatic rings. The lowest BCUT2D eigenvalue weighted by molar-refractivity contribution is 0.102. The van der Waals surface area contributed by atoms with Crippen LogP contribution in [0, 0.1) is 6.92 Å². The van der Waals surface area contributed by atoms with Crippen LogP contribution in [-0.4, -0.2) is 15.7 Å². The van der Waals surface area contributed by atoms with Crippen LogP contribution in [0.1, 0.15) is 52.5 Å². The Labute approximate surface area is 195 Å². The molecule has 4 rings (SSSR count). The van der Waals surface area contributed by atoms with Crippen molar-refractivity contribution in [1.29, 1.82) is 0 Å². The summed E-state index contributed by atoms with van der Waals surface area (Å²) < 4.78 is 7.80. The van der Waals surface area contributed by atoms with E-state index in [1.807, 2.05) is 66.2 Å². The summed E-state index contributed by atoms with van der Waals surface area (Å²) in [4.78, 5) is 12.8. The zero-order valence-electron chi connectivity index (χ0n) is 19.3. The van der Waals surface area contributed by atoms with E-state index < -0.39 is 0 Å². The van der Waals surface area contributed by atoms with Gasteiger partial charge in [0.2, 0.25) is 0 Å². The molecule has 0 fully saturated rings. The molecule has 5 nitrogen and oxygen atoms in total. The van der Waals surface area contributed by atoms with E-state index in [1.54, 1.807) is 6.07 Å². The van der Waals surface area contributed by atoms with Crippen molar-refractivity contribution in [3.63, 3.8) is 0 Å². The third-order valence-corrected chi connectivity index (χ3v) is 5.54. The molecule has 0 aliphatic heterocycles. The summed E-state index contributed by atoms with van der Waals surface area (Å²) in [6.45, 7) is 7.38. The molecule has 0 unspecified atom stereocenters. The average molecular weight is 440 g/mol. The largest absolute Gasteiger partial charge is 0.489 e. The van der Waals surface area contributed by atoms with E-state index in [-0.39, 0.29) is 5.91 Å². The van der Waals surface area contributed by atoms with Gasteiger partial charge in [-0.3, -0.25) is 9.48 Å². The van der Waals surface area contributed by atoms with Gasteiger partial charge in [-0.25, -0.2) is 0 Å². The molecule has 0 aliphatic carbocycles. The van der Waals surface area contributed by atoms with Crippen molar-refractivity contribution in [1.82, 2.24) is 9.78 Å². The van der Waals surface area contributed by atoms with Crippen LogP contribution in [0.25, 0.3) is 0 Å². The van der Waals surface area contributed by atoms with Gasteiger partial charge in [0.25, 0.3) is 5.91 Å². The number of rotatable bonds is 8. The van der Waals surface area contributed by atoms with Crippen LogP contribution in [0.5, 0.6) is 5.75 Å². The maximum absolute atomic E-state index is 12.8. The summed E-state index contributed by atoms with van der Waals surface area (Å²) in [6, 6.07) is 27.6. The lowest BCUT2D eigenvalue weighted by atomic mass is 10.0. The predicted molar refractivity (Wildman–Crippen MR) is 132 cm³/mol. The fourth-order valence-corrected chi connectivity index (χ4v) is 3.59. The number of aryl methyl sites for hydroxylation is 1. The number of hydrogen-bond donors (Lipinski definition) is 1. The van der Waals surface area contributed by atoms with Crippen LogP contribution >= 0.6 is 0 Å². The Morgan fingerprint density at radius 3 is 2.39 bits per heavy atom. The Kier molecular flexibility index (Phi) is 6.89. The second kappa shape index (κ2) is 10.2. The Hall–Kier alpha value is -3.86. The van der Waals surface area contributed by atoms with Gasteiger partial charge in [-0.15, -0.1) is 0 Å². The Morgan fingerprint density at radius 1 is 0.939 bits per heavy atom. The van der Waals surface area contributed by atoms with Crippen molar-refractivity contribution < 1.29 is 9.53 Å². The Bertz CT molecular complexity index is 1210. The predicted octanol–water partition coefficient (Wildman–Crippen LogP) is 6.19. The van der Waals surface area contributed by atoms with Crippen LogP contribution in [0.15, 0.2) is 84.9 Å². The van der Waals surface area contributed by atoms with Gasteiger partial charge in [0, 0.05) is 17.3 Å². The maximum Gasteiger partial charge on any atom is 0.256 e. The summed E-state index contributed by atoms with van der Waals surface area (Å²) in [5, 5.41) is 7.46. The first-order chi connectivity index (χ1) is 16.0. The van der Waals surface area contributed by atoms with E-state index in [0.29, 0.717) is 30.5 Å². The molecule has 0 spiro atoms. The van der Waals surface area contributed by atoms with Gasteiger partial charge in [0.05, 0.1) is 6.54 Å². The number of nitrogens with one attached hydrogen (secondary N) is 1. The SMILES string of the molecule is Cc1cc(NC(=O)c2cccc(COc3ccc(C(C)C)cc3)c2)nn1Cc1ccccc1. The van der Waals surface area contributed by atoms with E-state index in [0.717, 1.165) is 22.6 Å². The number of carbonyl (C=O) groups excluding carboxylic acids is 1. The van der Waals surface area contributed by atoms with Crippen molar-refractivity contribution in [3.8, 4) is 5.75 Å². The van der Waals surface area contributed by atoms with Gasteiger partial charge in [0.15, 0.2) is 5.82 Å². The van der Waals surface area contributed by atoms with Gasteiger partial charge in [-0.1, -0.05) is 68.4 Å². The Morgan fingerprint density at radius 2 is 1.67 bits per heavy atom. The topological polar surface area (TPSA) is 56.1 Å². The van der Waals surface area contributed by atoms with Gasteiger partial charge >= 0.3 is 0 Å². The van der Waals surface area contributed by atoms with Crippen molar-refractivity contribution in [2.75, 3.05) is 5.32 Å². The van der Waals surface area contributed by atoms with Gasteiger partial charge in [-0.2, -0.15) is 5.10 Å². The molecule has 0 saturated carbocycles. The standard InChI is InChI=1S/C28H29N3O2/c1-20(2)24-12-14-26(15-13-24)33-19-23-10-7-11-25(17-23)28(32)29-27-16-21(3)31(30-27)18-22-8-5-4-6-9-22/h4-17,20H,18-19H2,1-3H3,(H,29,30,32). The van der Waals surface area contributed by atoms with E-state index >= 15 is 0 Å². The molecule has 168 valence electrons. The molecule has 0 bridgehead atoms. The van der Waals surface area contributed by atoms with Crippen molar-refractivity contribution in [2.24, 2.45) is 0 Å². The molecule has 1 aromatic heterocycles. The van der Waals surface area contributed by atoms with Crippen LogP contribution in [0.2, 0.25) is 0 Å². The highest BCUT2D eigenvalue weighted by atomic mass is 16.5. The average Bonchev–Trinajstić information content (AvgIpc) is 3.17. The number of anilines is 1. The number of benzene rings is 3. The second-order valence-corrected chi connectivity index (χ2v) is 8.48. The molecule has 1 N–H and O–H groups in total. The van der Waals surface area contributed by atoms with Crippen molar-refractivity contribution in [3.05, 3.63) is 113 Å². The van der Waals surface area contributed by atoms with E-state index in [2.05, 4.69) is 48.5 Å². The van der Waals surface area contributed by atoms with Gasteiger partial charge < -0.3 is 10.1 Å². The minimum atomic E-state index is -0.192. The molecular formula is C28H29N3O2. The highest BCUT2D eigenvalue weighted by Crippen LogP contribution is 2.20. The molecule has 1 heterocycles. The molecule has 3 aromatic carbocycles. The Balaban J connectivity index is 1.38. The van der Waals surface area contributed by atoms with Crippen molar-refractivity contribution >= 4 is 11.7 Å². The van der Waals surface area contributed by atoms with Crippen LogP contribution in [0.4, 0.5) is 5.82 Å². The summed E-state index contributed by atoms with van der Waals surface area (Å²) in [6.07, 6.45) is 0. The van der Waals surface area contributed by atoms with E-state index in [1.165, 1.54) is 5.56 Å². The molecule has 1 amide bonds. The lowest BCUT2D eigenvalue weighted by Crippen LogP contribution is -2.13. The van der Waals surface area contributed by atoms with Gasteiger partial charge in [0.1, 0.15) is 12.4 Å². The lowest BCUT2D eigenvalue weighted by Gasteiger charge is -2.10. The summed E-state index contributed by atoms with van der Waals surface area (Å²) in [7, 11) is 0. The van der Waals surface area contributed by atoms with Gasteiger partial charge in [-0.05, 0) is 53.8 Å². The normalized spacial score (nSPS) is 10.9. The summed E-state index contributed by atoms with van der Waals surface area (Å²) in [5.74, 6) is 1.65. The molecule has 33 heavy (non-hydrogen) atoms. The first-order valence-electron chi connectivity index (χ1n) is 11.2. The number of amides is 1. The summed E-state index contributed by atoms with van der Waals surface area (Å²) in [5.41, 5.74) is 4.93.